The number of rotatable bonds is 7. The zero-order valence-corrected chi connectivity index (χ0v) is 19.8. The Labute approximate surface area is 195 Å². The van der Waals surface area contributed by atoms with E-state index >= 15 is 0 Å². The van der Waals surface area contributed by atoms with Gasteiger partial charge in [0.25, 0.3) is 5.91 Å². The molecule has 0 radical (unpaired) electrons. The molecule has 1 fully saturated rings. The lowest BCUT2D eigenvalue weighted by Crippen LogP contribution is -2.13. The van der Waals surface area contributed by atoms with E-state index in [4.69, 9.17) is 14.5 Å². The van der Waals surface area contributed by atoms with Crippen LogP contribution in [0.25, 0.3) is 22.3 Å². The number of fused-ring (bicyclic) bond motifs is 1. The van der Waals surface area contributed by atoms with Crippen molar-refractivity contribution >= 4 is 33.4 Å². The Bertz CT molecular complexity index is 1340. The number of ether oxygens (including phenoxy) is 2. The molecule has 170 valence electrons. The third-order valence-corrected chi connectivity index (χ3v) is 6.48. The molecule has 8 nitrogen and oxygen atoms in total. The molecule has 4 aromatic rings. The van der Waals surface area contributed by atoms with Crippen LogP contribution in [0.5, 0.6) is 11.5 Å². The van der Waals surface area contributed by atoms with Crippen LogP contribution in [0.15, 0.2) is 35.8 Å². The van der Waals surface area contributed by atoms with Crippen LogP contribution in [-0.2, 0) is 0 Å². The molecule has 9 heteroatoms. The summed E-state index contributed by atoms with van der Waals surface area (Å²) in [6.45, 7) is 4.12. The van der Waals surface area contributed by atoms with E-state index in [0.29, 0.717) is 28.1 Å². The summed E-state index contributed by atoms with van der Waals surface area (Å²) in [6.07, 6.45) is 3.94. The van der Waals surface area contributed by atoms with Crippen molar-refractivity contribution < 1.29 is 14.3 Å². The average molecular weight is 464 g/mol. The Hall–Kier alpha value is -3.46. The van der Waals surface area contributed by atoms with Crippen molar-refractivity contribution in [3.8, 4) is 22.8 Å². The SMILES string of the molecule is COc1ccc(-c2csc(NC(=O)c3cc(C4CC4)nc4c3cnn4C(C)C)n2)c(OC)c1. The molecule has 1 N–H and O–H groups in total. The smallest absolute Gasteiger partial charge is 0.258 e. The van der Waals surface area contributed by atoms with Crippen LogP contribution in [0.1, 0.15) is 54.7 Å². The summed E-state index contributed by atoms with van der Waals surface area (Å²) >= 11 is 1.37. The highest BCUT2D eigenvalue weighted by Gasteiger charge is 2.28. The minimum absolute atomic E-state index is 0.154. The zero-order valence-electron chi connectivity index (χ0n) is 19.0. The quantitative estimate of drug-likeness (QED) is 0.401. The molecule has 0 spiro atoms. The summed E-state index contributed by atoms with van der Waals surface area (Å²) in [4.78, 5) is 22.8. The fourth-order valence-electron chi connectivity index (χ4n) is 3.82. The Morgan fingerprint density at radius 1 is 1.18 bits per heavy atom. The monoisotopic (exact) mass is 463 g/mol. The van der Waals surface area contributed by atoms with Gasteiger partial charge in [-0.05, 0) is 44.9 Å². The molecule has 0 aliphatic heterocycles. The standard InChI is InChI=1S/C24H25N5O3S/c1-13(2)29-22-18(11-25-29)17(10-19(26-22)14-5-6-14)23(30)28-24-27-20(12-33-24)16-8-7-15(31-3)9-21(16)32-4/h7-14H,5-6H2,1-4H3,(H,27,28,30). The van der Waals surface area contributed by atoms with E-state index in [0.717, 1.165) is 40.8 Å². The van der Waals surface area contributed by atoms with E-state index in [-0.39, 0.29) is 11.9 Å². The number of thiazole rings is 1. The van der Waals surface area contributed by atoms with Gasteiger partial charge >= 0.3 is 0 Å². The van der Waals surface area contributed by atoms with Gasteiger partial charge in [-0.3, -0.25) is 10.1 Å². The number of methoxy groups -OCH3 is 2. The molecule has 1 aliphatic carbocycles. The summed E-state index contributed by atoms with van der Waals surface area (Å²) < 4.78 is 12.6. The molecule has 3 heterocycles. The molecule has 1 aromatic carbocycles. The predicted octanol–water partition coefficient (Wildman–Crippen LogP) is 5.28. The second-order valence-corrected chi connectivity index (χ2v) is 9.21. The first-order valence-corrected chi connectivity index (χ1v) is 11.7. The van der Waals surface area contributed by atoms with Gasteiger partial charge in [0, 0.05) is 34.7 Å². The van der Waals surface area contributed by atoms with Crippen molar-refractivity contribution in [3.05, 3.63) is 47.1 Å². The van der Waals surface area contributed by atoms with Crippen molar-refractivity contribution in [1.29, 1.82) is 0 Å². The first kappa shape index (κ1) is 21.4. The van der Waals surface area contributed by atoms with Crippen molar-refractivity contribution in [3.63, 3.8) is 0 Å². The lowest BCUT2D eigenvalue weighted by Gasteiger charge is -2.10. The molecule has 33 heavy (non-hydrogen) atoms. The van der Waals surface area contributed by atoms with Crippen molar-refractivity contribution in [2.24, 2.45) is 0 Å². The maximum atomic E-state index is 13.3. The topological polar surface area (TPSA) is 91.2 Å². The number of hydrogen-bond acceptors (Lipinski definition) is 7. The van der Waals surface area contributed by atoms with E-state index in [2.05, 4.69) is 29.2 Å². The molecule has 0 bridgehead atoms. The van der Waals surface area contributed by atoms with E-state index in [9.17, 15) is 4.79 Å². The third kappa shape index (κ3) is 4.04. The van der Waals surface area contributed by atoms with Crippen LogP contribution in [0.3, 0.4) is 0 Å². The number of hydrogen-bond donors (Lipinski definition) is 1. The summed E-state index contributed by atoms with van der Waals surface area (Å²) in [5, 5.41) is 10.6. The van der Waals surface area contributed by atoms with Gasteiger partial charge in [0.2, 0.25) is 0 Å². The number of pyridine rings is 1. The zero-order chi connectivity index (χ0) is 23.1. The van der Waals surface area contributed by atoms with Crippen LogP contribution in [-0.4, -0.2) is 39.9 Å². The van der Waals surface area contributed by atoms with Gasteiger partial charge in [-0.25, -0.2) is 14.6 Å². The number of aromatic nitrogens is 4. The second kappa shape index (κ2) is 8.47. The molecule has 3 aromatic heterocycles. The van der Waals surface area contributed by atoms with Gasteiger partial charge in [-0.15, -0.1) is 11.3 Å². The predicted molar refractivity (Wildman–Crippen MR) is 128 cm³/mol. The minimum Gasteiger partial charge on any atom is -0.497 e. The van der Waals surface area contributed by atoms with Crippen molar-refractivity contribution in [2.45, 2.75) is 38.6 Å². The maximum absolute atomic E-state index is 13.3. The highest BCUT2D eigenvalue weighted by Crippen LogP contribution is 2.40. The summed E-state index contributed by atoms with van der Waals surface area (Å²) in [5.41, 5.74) is 3.84. The fraction of sp³-hybridized carbons (Fsp3) is 0.333. The Balaban J connectivity index is 1.46. The highest BCUT2D eigenvalue weighted by atomic mass is 32.1. The molecule has 1 aliphatic rings. The van der Waals surface area contributed by atoms with Gasteiger partial charge in [0.15, 0.2) is 10.8 Å². The van der Waals surface area contributed by atoms with Gasteiger partial charge < -0.3 is 9.47 Å². The molecule has 0 saturated heterocycles. The third-order valence-electron chi connectivity index (χ3n) is 5.73. The largest absolute Gasteiger partial charge is 0.497 e. The highest BCUT2D eigenvalue weighted by molar-refractivity contribution is 7.14. The minimum atomic E-state index is -0.213. The van der Waals surface area contributed by atoms with Gasteiger partial charge in [0.1, 0.15) is 11.5 Å². The number of nitrogens with zero attached hydrogens (tertiary/aromatic N) is 4. The van der Waals surface area contributed by atoms with Crippen LogP contribution >= 0.6 is 11.3 Å². The number of carbonyl (C=O) groups excluding carboxylic acids is 1. The van der Waals surface area contributed by atoms with E-state index < -0.39 is 0 Å². The number of nitrogens with one attached hydrogen (secondary N) is 1. The van der Waals surface area contributed by atoms with Gasteiger partial charge in [-0.1, -0.05) is 0 Å². The lowest BCUT2D eigenvalue weighted by atomic mass is 10.1. The summed E-state index contributed by atoms with van der Waals surface area (Å²) in [6, 6.07) is 7.62. The first-order valence-electron chi connectivity index (χ1n) is 10.9. The van der Waals surface area contributed by atoms with Crippen LogP contribution in [0.4, 0.5) is 5.13 Å². The Morgan fingerprint density at radius 3 is 2.70 bits per heavy atom. The Morgan fingerprint density at radius 2 is 2.00 bits per heavy atom. The molecule has 0 atom stereocenters. The van der Waals surface area contributed by atoms with Crippen molar-refractivity contribution in [1.82, 2.24) is 19.7 Å². The van der Waals surface area contributed by atoms with Crippen LogP contribution in [0, 0.1) is 0 Å². The van der Waals surface area contributed by atoms with Crippen LogP contribution in [0.2, 0.25) is 0 Å². The number of benzene rings is 1. The molecule has 5 rings (SSSR count). The number of amides is 1. The Kier molecular flexibility index (Phi) is 5.49. The second-order valence-electron chi connectivity index (χ2n) is 8.35. The number of anilines is 1. The van der Waals surface area contributed by atoms with Gasteiger partial charge in [-0.2, -0.15) is 5.10 Å². The first-order chi connectivity index (χ1) is 16.0. The average Bonchev–Trinajstić information content (AvgIpc) is 3.42. The molecule has 1 saturated carbocycles. The molecule has 1 amide bonds. The van der Waals surface area contributed by atoms with E-state index in [1.165, 1.54) is 11.3 Å². The normalized spacial score (nSPS) is 13.5. The van der Waals surface area contributed by atoms with Crippen LogP contribution < -0.4 is 14.8 Å². The maximum Gasteiger partial charge on any atom is 0.258 e. The molecular weight excluding hydrogens is 438 g/mol. The van der Waals surface area contributed by atoms with E-state index in [1.54, 1.807) is 20.4 Å². The molecule has 0 unspecified atom stereocenters. The number of carbonyl (C=O) groups is 1. The fourth-order valence-corrected chi connectivity index (χ4v) is 4.53. The molecular formula is C24H25N5O3S. The van der Waals surface area contributed by atoms with Crippen molar-refractivity contribution in [2.75, 3.05) is 19.5 Å². The van der Waals surface area contributed by atoms with Gasteiger partial charge in [0.05, 0.1) is 37.1 Å². The van der Waals surface area contributed by atoms with E-state index in [1.807, 2.05) is 34.3 Å². The summed E-state index contributed by atoms with van der Waals surface area (Å²) in [7, 11) is 3.22. The summed E-state index contributed by atoms with van der Waals surface area (Å²) in [5.74, 6) is 1.57. The lowest BCUT2D eigenvalue weighted by molar-refractivity contribution is 0.102.